The van der Waals surface area contributed by atoms with E-state index < -0.39 is 0 Å². The van der Waals surface area contributed by atoms with Gasteiger partial charge in [-0.2, -0.15) is 0 Å². The van der Waals surface area contributed by atoms with Crippen molar-refractivity contribution in [3.8, 4) is 0 Å². The molecule has 24 heavy (non-hydrogen) atoms. The Hall–Kier alpha value is -0.700. The molecule has 0 unspecified atom stereocenters. The summed E-state index contributed by atoms with van der Waals surface area (Å²) in [5.41, 5.74) is 0.238. The molecule has 0 aliphatic heterocycles. The summed E-state index contributed by atoms with van der Waals surface area (Å²) >= 11 is 0. The second kappa shape index (κ2) is 5.40. The molecule has 0 aromatic heterocycles. The fourth-order valence-corrected chi connectivity index (χ4v) is 7.67. The SMILES string of the molecule is C[C@H](O)[C@H]1CC[C@H]2[C@@H]3CC(=O)[C@@H]4CC(=O)CC[C@]4(C)[C@H]3CC[C@]12C. The summed E-state index contributed by atoms with van der Waals surface area (Å²) in [6.07, 6.45) is 7.14. The monoisotopic (exact) mass is 332 g/mol. The van der Waals surface area contributed by atoms with E-state index in [1.165, 1.54) is 19.3 Å². The predicted octanol–water partition coefficient (Wildman–Crippen LogP) is 3.77. The van der Waals surface area contributed by atoms with Crippen LogP contribution in [0.2, 0.25) is 0 Å². The molecule has 8 atom stereocenters. The summed E-state index contributed by atoms with van der Waals surface area (Å²) in [6.45, 7) is 6.63. The molecule has 0 bridgehead atoms. The Morgan fingerprint density at radius 1 is 1.00 bits per heavy atom. The van der Waals surface area contributed by atoms with Crippen LogP contribution in [-0.2, 0) is 9.59 Å². The molecule has 134 valence electrons. The molecule has 3 nitrogen and oxygen atoms in total. The topological polar surface area (TPSA) is 54.4 Å². The zero-order valence-electron chi connectivity index (χ0n) is 15.4. The van der Waals surface area contributed by atoms with E-state index >= 15 is 0 Å². The van der Waals surface area contributed by atoms with Crippen LogP contribution in [-0.4, -0.2) is 22.8 Å². The first-order chi connectivity index (χ1) is 11.3. The number of aliphatic hydroxyl groups excluding tert-OH is 1. The molecule has 0 spiro atoms. The average Bonchev–Trinajstić information content (AvgIpc) is 2.87. The lowest BCUT2D eigenvalue weighted by Crippen LogP contribution is -2.57. The number of rotatable bonds is 1. The lowest BCUT2D eigenvalue weighted by Gasteiger charge is -2.59. The summed E-state index contributed by atoms with van der Waals surface area (Å²) in [5, 5.41) is 10.3. The average molecular weight is 332 g/mol. The van der Waals surface area contributed by atoms with E-state index in [1.54, 1.807) is 0 Å². The molecule has 0 amide bonds. The van der Waals surface area contributed by atoms with Crippen LogP contribution in [0.4, 0.5) is 0 Å². The van der Waals surface area contributed by atoms with Gasteiger partial charge in [-0.1, -0.05) is 13.8 Å². The number of Topliss-reactive ketones (excluding diaryl/α,β-unsaturated/α-hetero) is 2. The van der Waals surface area contributed by atoms with E-state index in [-0.39, 0.29) is 22.9 Å². The van der Waals surface area contributed by atoms with Gasteiger partial charge in [0.15, 0.2) is 0 Å². The molecule has 4 saturated carbocycles. The largest absolute Gasteiger partial charge is 0.393 e. The molecule has 4 aliphatic carbocycles. The molecule has 4 rings (SSSR count). The second-order valence-corrected chi connectivity index (χ2v) is 9.82. The van der Waals surface area contributed by atoms with Crippen molar-refractivity contribution in [1.82, 2.24) is 0 Å². The van der Waals surface area contributed by atoms with Gasteiger partial charge in [0.1, 0.15) is 11.6 Å². The van der Waals surface area contributed by atoms with Gasteiger partial charge < -0.3 is 5.11 Å². The molecule has 0 radical (unpaired) electrons. The van der Waals surface area contributed by atoms with E-state index in [2.05, 4.69) is 13.8 Å². The van der Waals surface area contributed by atoms with Crippen molar-refractivity contribution in [3.05, 3.63) is 0 Å². The maximum absolute atomic E-state index is 12.9. The first-order valence-electron chi connectivity index (χ1n) is 10.00. The number of hydrogen-bond donors (Lipinski definition) is 1. The summed E-state index contributed by atoms with van der Waals surface area (Å²) in [6, 6.07) is 0. The Labute approximate surface area is 145 Å². The number of fused-ring (bicyclic) bond motifs is 5. The molecular formula is C21H32O3. The van der Waals surface area contributed by atoms with Gasteiger partial charge in [-0.15, -0.1) is 0 Å². The van der Waals surface area contributed by atoms with Gasteiger partial charge in [0.05, 0.1) is 6.10 Å². The Balaban J connectivity index is 1.67. The zero-order valence-corrected chi connectivity index (χ0v) is 15.4. The van der Waals surface area contributed by atoms with Crippen molar-refractivity contribution in [2.24, 2.45) is 40.4 Å². The Bertz CT molecular complexity index is 567. The van der Waals surface area contributed by atoms with Crippen molar-refractivity contribution in [1.29, 1.82) is 0 Å². The van der Waals surface area contributed by atoms with E-state index in [0.29, 0.717) is 54.5 Å². The van der Waals surface area contributed by atoms with Crippen molar-refractivity contribution in [2.45, 2.75) is 78.2 Å². The van der Waals surface area contributed by atoms with Gasteiger partial charge in [0, 0.05) is 25.2 Å². The number of ketones is 2. The summed E-state index contributed by atoms with van der Waals surface area (Å²) in [7, 11) is 0. The van der Waals surface area contributed by atoms with Gasteiger partial charge >= 0.3 is 0 Å². The molecular weight excluding hydrogens is 300 g/mol. The summed E-state index contributed by atoms with van der Waals surface area (Å²) in [5.74, 6) is 2.68. The Morgan fingerprint density at radius 2 is 1.71 bits per heavy atom. The van der Waals surface area contributed by atoms with Crippen LogP contribution in [0.5, 0.6) is 0 Å². The highest BCUT2D eigenvalue weighted by molar-refractivity contribution is 5.90. The highest BCUT2D eigenvalue weighted by Crippen LogP contribution is 2.66. The minimum absolute atomic E-state index is 0.0154. The fraction of sp³-hybridized carbons (Fsp3) is 0.905. The maximum Gasteiger partial charge on any atom is 0.137 e. The normalized spacial score (nSPS) is 52.4. The smallest absolute Gasteiger partial charge is 0.137 e. The molecule has 0 aromatic carbocycles. The first kappa shape index (κ1) is 16.8. The van der Waals surface area contributed by atoms with Crippen LogP contribution in [0.1, 0.15) is 72.1 Å². The lowest BCUT2D eigenvalue weighted by atomic mass is 9.44. The first-order valence-corrected chi connectivity index (χ1v) is 10.00. The van der Waals surface area contributed by atoms with Crippen LogP contribution in [0.3, 0.4) is 0 Å². The van der Waals surface area contributed by atoms with Crippen LogP contribution in [0.15, 0.2) is 0 Å². The van der Waals surface area contributed by atoms with Gasteiger partial charge in [-0.3, -0.25) is 9.59 Å². The number of carbonyl (C=O) groups is 2. The Morgan fingerprint density at radius 3 is 2.42 bits per heavy atom. The number of aliphatic hydroxyl groups is 1. The van der Waals surface area contributed by atoms with Crippen LogP contribution in [0.25, 0.3) is 0 Å². The fourth-order valence-electron chi connectivity index (χ4n) is 7.67. The third-order valence-electron chi connectivity index (χ3n) is 8.94. The second-order valence-electron chi connectivity index (χ2n) is 9.82. The summed E-state index contributed by atoms with van der Waals surface area (Å²) in [4.78, 5) is 24.9. The highest BCUT2D eigenvalue weighted by Gasteiger charge is 2.62. The standard InChI is InChI=1S/C21H32O3/c1-12(22)15-4-5-16-14-11-19(24)18-10-13(23)6-8-21(18,3)17(14)7-9-20(15,16)2/h12,14-18,22H,4-11H2,1-3H3/t12-,14-,15+,16-,17-,18-,20+,21+/m0/s1. The van der Waals surface area contributed by atoms with Gasteiger partial charge in [0.2, 0.25) is 0 Å². The van der Waals surface area contributed by atoms with Crippen molar-refractivity contribution in [3.63, 3.8) is 0 Å². The zero-order chi connectivity index (χ0) is 17.3. The van der Waals surface area contributed by atoms with Crippen LogP contribution < -0.4 is 0 Å². The quantitative estimate of drug-likeness (QED) is 0.795. The highest BCUT2D eigenvalue weighted by atomic mass is 16.3. The molecule has 4 fully saturated rings. The van der Waals surface area contributed by atoms with E-state index in [1.807, 2.05) is 6.92 Å². The van der Waals surface area contributed by atoms with Gasteiger partial charge in [-0.05, 0) is 73.5 Å². The summed E-state index contributed by atoms with van der Waals surface area (Å²) < 4.78 is 0. The molecule has 3 heteroatoms. The predicted molar refractivity (Wildman–Crippen MR) is 92.3 cm³/mol. The van der Waals surface area contributed by atoms with E-state index in [9.17, 15) is 14.7 Å². The lowest BCUT2D eigenvalue weighted by molar-refractivity contribution is -0.159. The third-order valence-corrected chi connectivity index (χ3v) is 8.94. The Kier molecular flexibility index (Phi) is 3.77. The van der Waals surface area contributed by atoms with E-state index in [4.69, 9.17) is 0 Å². The van der Waals surface area contributed by atoms with Gasteiger partial charge in [0.25, 0.3) is 0 Å². The molecule has 0 heterocycles. The van der Waals surface area contributed by atoms with Crippen LogP contribution >= 0.6 is 0 Å². The van der Waals surface area contributed by atoms with Gasteiger partial charge in [-0.25, -0.2) is 0 Å². The third kappa shape index (κ3) is 2.12. The van der Waals surface area contributed by atoms with E-state index in [0.717, 1.165) is 12.8 Å². The molecule has 1 N–H and O–H groups in total. The molecule has 0 saturated heterocycles. The minimum atomic E-state index is -0.244. The number of carbonyl (C=O) groups excluding carboxylic acids is 2. The maximum atomic E-state index is 12.9. The van der Waals surface area contributed by atoms with Crippen molar-refractivity contribution in [2.75, 3.05) is 0 Å². The van der Waals surface area contributed by atoms with Crippen molar-refractivity contribution < 1.29 is 14.7 Å². The number of hydrogen-bond acceptors (Lipinski definition) is 3. The van der Waals surface area contributed by atoms with Crippen LogP contribution in [0, 0.1) is 40.4 Å². The molecule has 0 aromatic rings. The minimum Gasteiger partial charge on any atom is -0.393 e. The van der Waals surface area contributed by atoms with Crippen molar-refractivity contribution >= 4 is 11.6 Å². The molecule has 4 aliphatic rings.